The van der Waals surface area contributed by atoms with Gasteiger partial charge in [-0.1, -0.05) is 44.7 Å². The van der Waals surface area contributed by atoms with Gasteiger partial charge in [0, 0.05) is 36.3 Å². The van der Waals surface area contributed by atoms with Crippen LogP contribution in [0.15, 0.2) is 53.7 Å². The van der Waals surface area contributed by atoms with E-state index in [1.165, 1.54) is 11.8 Å². The zero-order chi connectivity index (χ0) is 22.2. The van der Waals surface area contributed by atoms with Crippen LogP contribution < -0.4 is 10.2 Å². The molecule has 0 aliphatic rings. The van der Waals surface area contributed by atoms with Crippen molar-refractivity contribution in [2.75, 3.05) is 30.1 Å². The quantitative estimate of drug-likeness (QED) is 0.470. The van der Waals surface area contributed by atoms with Gasteiger partial charge in [-0.2, -0.15) is 0 Å². The molecule has 160 valence electrons. The lowest BCUT2D eigenvalue weighted by molar-refractivity contribution is -0.113. The molecule has 0 radical (unpaired) electrons. The van der Waals surface area contributed by atoms with Gasteiger partial charge in [0.2, 0.25) is 5.91 Å². The predicted molar refractivity (Wildman–Crippen MR) is 127 cm³/mol. The summed E-state index contributed by atoms with van der Waals surface area (Å²) in [6, 6.07) is 15.7. The fraction of sp³-hybridized carbons (Fsp3) is 0.304. The summed E-state index contributed by atoms with van der Waals surface area (Å²) in [7, 11) is 3.97. The average molecular weight is 435 g/mol. The maximum atomic E-state index is 12.5. The molecule has 0 aliphatic heterocycles. The molecule has 1 amide bonds. The second-order valence-corrected chi connectivity index (χ2v) is 9.56. The summed E-state index contributed by atoms with van der Waals surface area (Å²) < 4.78 is 1.98. The molecule has 0 unspecified atom stereocenters. The highest BCUT2D eigenvalue weighted by molar-refractivity contribution is 7.99. The van der Waals surface area contributed by atoms with Gasteiger partial charge >= 0.3 is 0 Å². The standard InChI is InChI=1S/C23H26N6OS/c1-23(2,3)21-25-18-9-7-6-8-17(18)20-26-27-22(29(20)21)31-14-19(30)24-15-10-12-16(13-11-15)28(4)5/h6-13H,14H2,1-5H3,(H,24,30). The number of rotatable bonds is 5. The van der Waals surface area contributed by atoms with E-state index in [4.69, 9.17) is 4.98 Å². The molecule has 1 N–H and O–H groups in total. The third-order valence-electron chi connectivity index (χ3n) is 4.89. The van der Waals surface area contributed by atoms with E-state index in [9.17, 15) is 4.79 Å². The summed E-state index contributed by atoms with van der Waals surface area (Å²) in [5, 5.41) is 13.4. The van der Waals surface area contributed by atoms with E-state index in [1.807, 2.05) is 71.9 Å². The minimum atomic E-state index is -0.212. The normalized spacial score (nSPS) is 11.8. The van der Waals surface area contributed by atoms with E-state index in [1.54, 1.807) is 0 Å². The Kier molecular flexibility index (Phi) is 5.58. The molecule has 2 aromatic heterocycles. The molecular formula is C23H26N6OS. The number of carbonyl (C=O) groups is 1. The van der Waals surface area contributed by atoms with Crippen LogP contribution in [0.25, 0.3) is 16.6 Å². The van der Waals surface area contributed by atoms with E-state index in [0.717, 1.165) is 33.7 Å². The van der Waals surface area contributed by atoms with Crippen molar-refractivity contribution in [3.8, 4) is 0 Å². The number of para-hydroxylation sites is 1. The van der Waals surface area contributed by atoms with Gasteiger partial charge in [0.05, 0.1) is 11.3 Å². The number of hydrogen-bond donors (Lipinski definition) is 1. The maximum Gasteiger partial charge on any atom is 0.234 e. The first-order valence-electron chi connectivity index (χ1n) is 10.1. The van der Waals surface area contributed by atoms with Gasteiger partial charge in [-0.3, -0.25) is 9.20 Å². The first-order valence-corrected chi connectivity index (χ1v) is 11.1. The summed E-state index contributed by atoms with van der Waals surface area (Å²) in [5.41, 5.74) is 3.29. The number of amides is 1. The second kappa shape index (κ2) is 8.19. The number of benzene rings is 2. The molecule has 0 aliphatic carbocycles. The Morgan fingerprint density at radius 3 is 2.45 bits per heavy atom. The molecule has 4 rings (SSSR count). The Balaban J connectivity index is 1.58. The van der Waals surface area contributed by atoms with Crippen LogP contribution in [0.4, 0.5) is 11.4 Å². The Labute approximate surface area is 185 Å². The van der Waals surface area contributed by atoms with Gasteiger partial charge in [-0.05, 0) is 36.4 Å². The lowest BCUT2D eigenvalue weighted by Gasteiger charge is -2.20. The predicted octanol–water partition coefficient (Wildman–Crippen LogP) is 4.37. The lowest BCUT2D eigenvalue weighted by atomic mass is 9.95. The van der Waals surface area contributed by atoms with E-state index < -0.39 is 0 Å². The number of thioether (sulfide) groups is 1. The van der Waals surface area contributed by atoms with Crippen LogP contribution in [0, 0.1) is 0 Å². The second-order valence-electron chi connectivity index (χ2n) is 8.62. The maximum absolute atomic E-state index is 12.5. The number of carbonyl (C=O) groups excluding carboxylic acids is 1. The topological polar surface area (TPSA) is 75.4 Å². The van der Waals surface area contributed by atoms with Crippen molar-refractivity contribution in [1.29, 1.82) is 0 Å². The third kappa shape index (κ3) is 4.34. The highest BCUT2D eigenvalue weighted by Gasteiger charge is 2.24. The minimum absolute atomic E-state index is 0.0922. The number of anilines is 2. The van der Waals surface area contributed by atoms with Gasteiger partial charge in [0.15, 0.2) is 10.8 Å². The van der Waals surface area contributed by atoms with Crippen LogP contribution in [0.1, 0.15) is 26.6 Å². The van der Waals surface area contributed by atoms with Crippen LogP contribution in [0.3, 0.4) is 0 Å². The van der Waals surface area contributed by atoms with Crippen molar-refractivity contribution in [3.05, 3.63) is 54.4 Å². The smallest absolute Gasteiger partial charge is 0.234 e. The highest BCUT2D eigenvalue weighted by Crippen LogP contribution is 2.29. The largest absolute Gasteiger partial charge is 0.378 e. The van der Waals surface area contributed by atoms with Crippen molar-refractivity contribution < 1.29 is 4.79 Å². The Morgan fingerprint density at radius 1 is 1.06 bits per heavy atom. The van der Waals surface area contributed by atoms with Gasteiger partial charge in [0.1, 0.15) is 5.82 Å². The van der Waals surface area contributed by atoms with E-state index >= 15 is 0 Å². The number of aromatic nitrogens is 4. The van der Waals surface area contributed by atoms with Crippen molar-refractivity contribution in [3.63, 3.8) is 0 Å². The molecule has 8 heteroatoms. The molecule has 2 aromatic carbocycles. The zero-order valence-electron chi connectivity index (χ0n) is 18.4. The van der Waals surface area contributed by atoms with Crippen LogP contribution in [-0.2, 0) is 10.2 Å². The number of hydrogen-bond acceptors (Lipinski definition) is 6. The Bertz CT molecular complexity index is 1240. The van der Waals surface area contributed by atoms with E-state index in [2.05, 4.69) is 36.3 Å². The Morgan fingerprint density at radius 2 is 1.77 bits per heavy atom. The van der Waals surface area contributed by atoms with Gasteiger partial charge in [-0.25, -0.2) is 4.98 Å². The van der Waals surface area contributed by atoms with Gasteiger partial charge in [-0.15, -0.1) is 10.2 Å². The lowest BCUT2D eigenvalue weighted by Crippen LogP contribution is -2.20. The minimum Gasteiger partial charge on any atom is -0.378 e. The van der Waals surface area contributed by atoms with Gasteiger partial charge < -0.3 is 10.2 Å². The summed E-state index contributed by atoms with van der Waals surface area (Å²) in [4.78, 5) is 19.4. The van der Waals surface area contributed by atoms with Crippen molar-refractivity contribution in [2.45, 2.75) is 31.3 Å². The monoisotopic (exact) mass is 434 g/mol. The molecule has 4 aromatic rings. The molecule has 0 saturated carbocycles. The molecule has 0 fully saturated rings. The molecule has 0 atom stereocenters. The fourth-order valence-electron chi connectivity index (χ4n) is 3.33. The third-order valence-corrected chi connectivity index (χ3v) is 5.82. The van der Waals surface area contributed by atoms with Crippen LogP contribution in [0.5, 0.6) is 0 Å². The van der Waals surface area contributed by atoms with E-state index in [-0.39, 0.29) is 17.1 Å². The molecule has 7 nitrogen and oxygen atoms in total. The van der Waals surface area contributed by atoms with Crippen LogP contribution in [0.2, 0.25) is 0 Å². The fourth-order valence-corrected chi connectivity index (χ4v) is 4.06. The van der Waals surface area contributed by atoms with Crippen molar-refractivity contribution in [1.82, 2.24) is 19.6 Å². The zero-order valence-corrected chi connectivity index (χ0v) is 19.2. The first-order chi connectivity index (χ1) is 14.7. The van der Waals surface area contributed by atoms with E-state index in [0.29, 0.717) is 5.16 Å². The molecule has 31 heavy (non-hydrogen) atoms. The van der Waals surface area contributed by atoms with Crippen molar-refractivity contribution in [2.24, 2.45) is 0 Å². The van der Waals surface area contributed by atoms with Crippen LogP contribution in [-0.4, -0.2) is 45.3 Å². The Hall–Kier alpha value is -3.13. The average Bonchev–Trinajstić information content (AvgIpc) is 3.15. The number of fused-ring (bicyclic) bond motifs is 3. The summed E-state index contributed by atoms with van der Waals surface area (Å²) >= 11 is 1.36. The molecule has 2 heterocycles. The number of nitrogens with one attached hydrogen (secondary N) is 1. The summed E-state index contributed by atoms with van der Waals surface area (Å²) in [6.07, 6.45) is 0. The highest BCUT2D eigenvalue weighted by atomic mass is 32.2. The SMILES string of the molecule is CN(C)c1ccc(NC(=O)CSc2nnc3c4ccccc4nc(C(C)(C)C)n23)cc1. The number of nitrogens with zero attached hydrogens (tertiary/aromatic N) is 5. The summed E-state index contributed by atoms with van der Waals surface area (Å²) in [5.74, 6) is 1.01. The summed E-state index contributed by atoms with van der Waals surface area (Å²) in [6.45, 7) is 6.34. The van der Waals surface area contributed by atoms with Crippen molar-refractivity contribution >= 4 is 45.6 Å². The molecule has 0 saturated heterocycles. The molecule has 0 bridgehead atoms. The molecular weight excluding hydrogens is 408 g/mol. The first kappa shape index (κ1) is 21.1. The van der Waals surface area contributed by atoms with Crippen LogP contribution >= 0.6 is 11.8 Å². The molecule has 0 spiro atoms. The van der Waals surface area contributed by atoms with Gasteiger partial charge in [0.25, 0.3) is 0 Å².